The summed E-state index contributed by atoms with van der Waals surface area (Å²) in [7, 11) is 0. The molecule has 0 saturated carbocycles. The second kappa shape index (κ2) is 8.45. The summed E-state index contributed by atoms with van der Waals surface area (Å²) in [5, 5.41) is 5.33. The Kier molecular flexibility index (Phi) is 5.38. The molecule has 5 aromatic carbocycles. The van der Waals surface area contributed by atoms with Crippen LogP contribution in [0.25, 0.3) is 21.5 Å². The van der Waals surface area contributed by atoms with Crippen molar-refractivity contribution in [3.05, 3.63) is 130 Å². The van der Waals surface area contributed by atoms with E-state index in [-0.39, 0.29) is 0 Å². The van der Waals surface area contributed by atoms with Crippen molar-refractivity contribution in [3.63, 3.8) is 0 Å². The molecule has 0 spiro atoms. The van der Waals surface area contributed by atoms with Crippen molar-refractivity contribution in [1.29, 1.82) is 0 Å². The van der Waals surface area contributed by atoms with Crippen LogP contribution in [0.1, 0.15) is 29.0 Å². The molecular weight excluding hydrogens is 428 g/mol. The first-order valence-electron chi connectivity index (χ1n) is 10.5. The quantitative estimate of drug-likeness (QED) is 0.251. The minimum atomic E-state index is 0.339. The molecule has 0 fully saturated rings. The lowest BCUT2D eigenvalue weighted by atomic mass is 9.82. The van der Waals surface area contributed by atoms with E-state index in [1.54, 1.807) is 0 Å². The number of hydrogen-bond donors (Lipinski definition) is 0. The number of benzene rings is 5. The van der Waals surface area contributed by atoms with Gasteiger partial charge >= 0.3 is 0 Å². The van der Waals surface area contributed by atoms with E-state index in [2.05, 4.69) is 125 Å². The Morgan fingerprint density at radius 3 is 1.60 bits per heavy atom. The fraction of sp³-hybridized carbons (Fsp3) is 0.103. The van der Waals surface area contributed by atoms with Crippen LogP contribution in [0.5, 0.6) is 0 Å². The van der Waals surface area contributed by atoms with Crippen LogP contribution in [0.3, 0.4) is 0 Å². The van der Waals surface area contributed by atoms with Crippen molar-refractivity contribution in [2.75, 3.05) is 0 Å². The highest BCUT2D eigenvalue weighted by Gasteiger charge is 2.19. The van der Waals surface area contributed by atoms with Crippen molar-refractivity contribution in [2.45, 2.75) is 18.8 Å². The molecule has 0 aromatic heterocycles. The lowest BCUT2D eigenvalue weighted by Gasteiger charge is -2.22. The Hall–Kier alpha value is -2.90. The third kappa shape index (κ3) is 3.78. The molecule has 5 aromatic rings. The topological polar surface area (TPSA) is 0 Å². The Morgan fingerprint density at radius 1 is 0.533 bits per heavy atom. The Balaban J connectivity index is 1.64. The zero-order chi connectivity index (χ0) is 20.3. The lowest BCUT2D eigenvalue weighted by molar-refractivity contribution is 0.724. The van der Waals surface area contributed by atoms with Gasteiger partial charge in [-0.1, -0.05) is 113 Å². The van der Waals surface area contributed by atoms with E-state index in [1.165, 1.54) is 38.2 Å². The predicted molar refractivity (Wildman–Crippen MR) is 132 cm³/mol. The summed E-state index contributed by atoms with van der Waals surface area (Å²) in [6.07, 6.45) is 2.12. The van der Waals surface area contributed by atoms with Gasteiger partial charge in [0.2, 0.25) is 0 Å². The highest BCUT2D eigenvalue weighted by Crippen LogP contribution is 2.37. The average Bonchev–Trinajstić information content (AvgIpc) is 2.80. The Bertz CT molecular complexity index is 1210. The highest BCUT2D eigenvalue weighted by atomic mass is 79.9. The standard InChI is InChI=1S/C29H23Br/c30-24-18-15-21(16-19-24)17-20-29(27-13-5-9-22-7-1-3-11-25(22)27)28-14-6-10-23-8-2-4-12-26(23)28/h1-16,18-19,29H,17,20H2. The minimum absolute atomic E-state index is 0.339. The molecule has 1 heteroatoms. The van der Waals surface area contributed by atoms with Gasteiger partial charge in [0.1, 0.15) is 0 Å². The molecule has 0 radical (unpaired) electrons. The molecule has 0 saturated heterocycles. The van der Waals surface area contributed by atoms with Crippen LogP contribution in [-0.4, -0.2) is 0 Å². The third-order valence-electron chi connectivity index (χ3n) is 6.03. The maximum atomic E-state index is 3.55. The fourth-order valence-corrected chi connectivity index (χ4v) is 4.81. The molecule has 0 aliphatic rings. The van der Waals surface area contributed by atoms with Crippen molar-refractivity contribution < 1.29 is 0 Å². The van der Waals surface area contributed by atoms with E-state index in [1.807, 2.05) is 0 Å². The van der Waals surface area contributed by atoms with Crippen molar-refractivity contribution in [3.8, 4) is 0 Å². The smallest absolute Gasteiger partial charge is 0.0175 e. The number of hydrogen-bond acceptors (Lipinski definition) is 0. The summed E-state index contributed by atoms with van der Waals surface area (Å²) >= 11 is 3.55. The molecule has 0 N–H and O–H groups in total. The third-order valence-corrected chi connectivity index (χ3v) is 6.56. The molecule has 5 rings (SSSR count). The van der Waals surface area contributed by atoms with E-state index < -0.39 is 0 Å². The molecule has 146 valence electrons. The van der Waals surface area contributed by atoms with Gasteiger partial charge in [-0.3, -0.25) is 0 Å². The number of fused-ring (bicyclic) bond motifs is 2. The average molecular weight is 451 g/mol. The summed E-state index contributed by atoms with van der Waals surface area (Å²) in [5.41, 5.74) is 4.21. The molecular formula is C29H23Br. The molecule has 0 nitrogen and oxygen atoms in total. The van der Waals surface area contributed by atoms with E-state index in [0.29, 0.717) is 5.92 Å². The molecule has 0 aliphatic heterocycles. The molecule has 30 heavy (non-hydrogen) atoms. The van der Waals surface area contributed by atoms with Gasteiger partial charge in [0, 0.05) is 10.4 Å². The van der Waals surface area contributed by atoms with E-state index in [4.69, 9.17) is 0 Å². The SMILES string of the molecule is Brc1ccc(CCC(c2cccc3ccccc23)c2cccc3ccccc23)cc1. The van der Waals surface area contributed by atoms with Gasteiger partial charge in [0.05, 0.1) is 0 Å². The number of halogens is 1. The largest absolute Gasteiger partial charge is 0.0616 e. The van der Waals surface area contributed by atoms with Gasteiger partial charge in [-0.25, -0.2) is 0 Å². The zero-order valence-corrected chi connectivity index (χ0v) is 18.3. The van der Waals surface area contributed by atoms with Crippen molar-refractivity contribution in [1.82, 2.24) is 0 Å². The Morgan fingerprint density at radius 2 is 1.03 bits per heavy atom. The summed E-state index contributed by atoms with van der Waals surface area (Å²) in [6.45, 7) is 0. The summed E-state index contributed by atoms with van der Waals surface area (Å²) in [5.74, 6) is 0.339. The van der Waals surface area contributed by atoms with Crippen LogP contribution < -0.4 is 0 Å². The normalized spacial score (nSPS) is 11.4. The lowest BCUT2D eigenvalue weighted by Crippen LogP contribution is -2.05. The van der Waals surface area contributed by atoms with E-state index in [9.17, 15) is 0 Å². The number of aryl methyl sites for hydroxylation is 1. The first-order chi connectivity index (χ1) is 14.8. The van der Waals surface area contributed by atoms with E-state index >= 15 is 0 Å². The maximum absolute atomic E-state index is 3.55. The minimum Gasteiger partial charge on any atom is -0.0616 e. The van der Waals surface area contributed by atoms with Crippen LogP contribution in [0.2, 0.25) is 0 Å². The van der Waals surface area contributed by atoms with Gasteiger partial charge in [0.15, 0.2) is 0 Å². The Labute approximate surface area is 186 Å². The van der Waals surface area contributed by atoms with Crippen LogP contribution in [0.4, 0.5) is 0 Å². The van der Waals surface area contributed by atoms with Crippen molar-refractivity contribution >= 4 is 37.5 Å². The molecule has 0 aliphatic carbocycles. The molecule has 0 bridgehead atoms. The van der Waals surface area contributed by atoms with Gasteiger partial charge < -0.3 is 0 Å². The van der Waals surface area contributed by atoms with Gasteiger partial charge in [-0.05, 0) is 63.2 Å². The summed E-state index contributed by atoms with van der Waals surface area (Å²) in [4.78, 5) is 0. The predicted octanol–water partition coefficient (Wildman–Crippen LogP) is 8.52. The van der Waals surface area contributed by atoms with Crippen LogP contribution >= 0.6 is 15.9 Å². The fourth-order valence-electron chi connectivity index (χ4n) is 4.55. The highest BCUT2D eigenvalue weighted by molar-refractivity contribution is 9.10. The maximum Gasteiger partial charge on any atom is 0.0175 e. The van der Waals surface area contributed by atoms with Gasteiger partial charge in [0.25, 0.3) is 0 Å². The second-order valence-electron chi connectivity index (χ2n) is 7.85. The molecule has 0 heterocycles. The number of rotatable bonds is 5. The first kappa shape index (κ1) is 19.1. The van der Waals surface area contributed by atoms with Crippen LogP contribution in [0.15, 0.2) is 114 Å². The summed E-state index contributed by atoms with van der Waals surface area (Å²) in [6, 6.07) is 39.7. The van der Waals surface area contributed by atoms with Gasteiger partial charge in [-0.15, -0.1) is 0 Å². The second-order valence-corrected chi connectivity index (χ2v) is 8.77. The zero-order valence-electron chi connectivity index (χ0n) is 16.8. The van der Waals surface area contributed by atoms with Crippen molar-refractivity contribution in [2.24, 2.45) is 0 Å². The molecule has 0 atom stereocenters. The molecule has 0 unspecified atom stereocenters. The van der Waals surface area contributed by atoms with E-state index in [0.717, 1.165) is 17.3 Å². The monoisotopic (exact) mass is 450 g/mol. The van der Waals surface area contributed by atoms with Gasteiger partial charge in [-0.2, -0.15) is 0 Å². The molecule has 0 amide bonds. The van der Waals surface area contributed by atoms with Crippen LogP contribution in [-0.2, 0) is 6.42 Å². The first-order valence-corrected chi connectivity index (χ1v) is 11.3. The van der Waals surface area contributed by atoms with Crippen LogP contribution in [0, 0.1) is 0 Å². The summed E-state index contributed by atoms with van der Waals surface area (Å²) < 4.78 is 1.13.